The summed E-state index contributed by atoms with van der Waals surface area (Å²) >= 11 is 0. The van der Waals surface area contributed by atoms with Crippen molar-refractivity contribution in [3.8, 4) is 0 Å². The quantitative estimate of drug-likeness (QED) is 0.180. The molecule has 5 heterocycles. The Balaban J connectivity index is 0.00000256. The van der Waals surface area contributed by atoms with Gasteiger partial charge in [-0.15, -0.1) is 0 Å². The van der Waals surface area contributed by atoms with Crippen molar-refractivity contribution < 1.29 is 21.1 Å². The van der Waals surface area contributed by atoms with Crippen molar-refractivity contribution in [3.05, 3.63) is 6.42 Å². The molecule has 0 aromatic heterocycles. The zero-order valence-corrected chi connectivity index (χ0v) is 27.0. The number of fused-ring (bicyclic) bond motifs is 20. The van der Waals surface area contributed by atoms with Gasteiger partial charge < -0.3 is 6.42 Å². The molecule has 0 amide bonds. The van der Waals surface area contributed by atoms with Crippen molar-refractivity contribution in [2.45, 2.75) is 146 Å². The van der Waals surface area contributed by atoms with E-state index in [4.69, 9.17) is 0 Å². The summed E-state index contributed by atoms with van der Waals surface area (Å²) in [6, 6.07) is 0. The molecular weight excluding hydrogens is 691 g/mol. The third-order valence-corrected chi connectivity index (χ3v) is 13.6. The van der Waals surface area contributed by atoms with Crippen LogP contribution in [-0.2, 0) is 21.1 Å². The van der Waals surface area contributed by atoms with E-state index in [1.54, 1.807) is 0 Å². The van der Waals surface area contributed by atoms with Crippen LogP contribution in [0.2, 0.25) is 0 Å². The second kappa shape index (κ2) is 11.9. The van der Waals surface area contributed by atoms with Gasteiger partial charge in [0, 0.05) is 21.1 Å². The maximum absolute atomic E-state index is 4.26. The average Bonchev–Trinajstić information content (AvgIpc) is 3.73. The smallest absolute Gasteiger partial charge is 0.0628 e. The Kier molecular flexibility index (Phi) is 8.40. The van der Waals surface area contributed by atoms with Gasteiger partial charge in [0.1, 0.15) is 0 Å². The Bertz CT molecular complexity index is 716. The minimum Gasteiger partial charge on any atom is -0.328 e. The maximum atomic E-state index is 4.26. The molecule has 234 valence electrons. The van der Waals surface area contributed by atoms with Crippen LogP contribution in [0.1, 0.15) is 96.3 Å². The topological polar surface area (TPSA) is 96.2 Å². The van der Waals surface area contributed by atoms with Crippen LogP contribution < -0.4 is 42.5 Å². The Morgan fingerprint density at radius 2 is 0.561 bits per heavy atom. The van der Waals surface area contributed by atoms with Gasteiger partial charge >= 0.3 is 0 Å². The molecule has 0 radical (unpaired) electrons. The molecule has 4 aliphatic carbocycles. The van der Waals surface area contributed by atoms with E-state index in [1.807, 2.05) is 0 Å². The molecule has 8 nitrogen and oxygen atoms in total. The number of rotatable bonds is 0. The van der Waals surface area contributed by atoms with Crippen molar-refractivity contribution in [1.82, 2.24) is 42.5 Å². The van der Waals surface area contributed by atoms with Gasteiger partial charge in [0.25, 0.3) is 0 Å². The molecular formula is C32H55N8Pt-. The molecule has 41 heavy (non-hydrogen) atoms. The minimum atomic E-state index is 0. The van der Waals surface area contributed by atoms with Crippen LogP contribution in [0.15, 0.2) is 0 Å². The van der Waals surface area contributed by atoms with E-state index in [2.05, 4.69) is 49.0 Å². The van der Waals surface area contributed by atoms with E-state index < -0.39 is 0 Å². The molecule has 8 N–H and O–H groups in total. The largest absolute Gasteiger partial charge is 0.328 e. The first-order valence-electron chi connectivity index (χ1n) is 17.7. The van der Waals surface area contributed by atoms with Crippen LogP contribution in [0.25, 0.3) is 0 Å². The first-order chi connectivity index (χ1) is 19.8. The zero-order valence-electron chi connectivity index (χ0n) is 24.7. The standard InChI is InChI=1S/C32H55N8.Pt/c1-2-10-18-17(9-1)25-33-26(18)38-28-21-13-5-6-14-22(21)30(35-28)40-32-24-16-8-7-15-23(24)31(36-32)39-29-20-12-4-3-11-19(20)27(34-29)37-25;/h1,17-40H,2-16H2;/q-1;. The second-order valence-corrected chi connectivity index (χ2v) is 15.4. The SMILES string of the molecule is [CH-]1CCC2C3NC(NC4NC(NC5NC(NC6NC(N3)C3CCCCC63)C3CCCCC53)C3CCCCC43)C2C1.[Pt]. The van der Waals surface area contributed by atoms with Crippen molar-refractivity contribution in [3.63, 3.8) is 0 Å². The number of nitrogens with one attached hydrogen (secondary N) is 8. The number of hydrogen-bond acceptors (Lipinski definition) is 8. The van der Waals surface area contributed by atoms with Gasteiger partial charge in [-0.1, -0.05) is 44.9 Å². The molecule has 0 aromatic rings. The van der Waals surface area contributed by atoms with Crippen LogP contribution in [0.5, 0.6) is 0 Å². The minimum absolute atomic E-state index is 0. The fourth-order valence-corrected chi connectivity index (χ4v) is 11.8. The summed E-state index contributed by atoms with van der Waals surface area (Å²) in [5, 5.41) is 33.7. The van der Waals surface area contributed by atoms with Crippen LogP contribution in [0.3, 0.4) is 0 Å². The van der Waals surface area contributed by atoms with Crippen LogP contribution in [-0.4, -0.2) is 49.3 Å². The normalized spacial score (nSPS) is 56.2. The zero-order chi connectivity index (χ0) is 26.2. The predicted octanol–water partition coefficient (Wildman–Crippen LogP) is 2.42. The summed E-state index contributed by atoms with van der Waals surface area (Å²) in [4.78, 5) is 0. The molecule has 9 heteroatoms. The fraction of sp³-hybridized carbons (Fsp3) is 0.969. The van der Waals surface area contributed by atoms with E-state index in [0.717, 1.165) is 35.5 Å². The van der Waals surface area contributed by atoms with E-state index in [9.17, 15) is 0 Å². The van der Waals surface area contributed by atoms with Crippen molar-refractivity contribution >= 4 is 0 Å². The third-order valence-electron chi connectivity index (χ3n) is 13.6. The van der Waals surface area contributed by atoms with Crippen molar-refractivity contribution in [2.24, 2.45) is 47.3 Å². The third kappa shape index (κ3) is 5.06. The molecule has 0 spiro atoms. The molecule has 8 bridgehead atoms. The molecule has 9 rings (SSSR count). The first kappa shape index (κ1) is 28.8. The van der Waals surface area contributed by atoms with Gasteiger partial charge in [0.15, 0.2) is 0 Å². The Morgan fingerprint density at radius 3 is 0.854 bits per heavy atom. The summed E-state index contributed by atoms with van der Waals surface area (Å²) in [6.07, 6.45) is 26.3. The molecule has 5 aliphatic heterocycles. The van der Waals surface area contributed by atoms with Crippen LogP contribution >= 0.6 is 0 Å². The average molecular weight is 747 g/mol. The van der Waals surface area contributed by atoms with Gasteiger partial charge in [-0.25, -0.2) is 0 Å². The summed E-state index contributed by atoms with van der Waals surface area (Å²) < 4.78 is 0. The molecule has 9 aliphatic rings. The summed E-state index contributed by atoms with van der Waals surface area (Å²) in [7, 11) is 0. The van der Waals surface area contributed by atoms with E-state index in [-0.39, 0.29) is 21.1 Å². The summed E-state index contributed by atoms with van der Waals surface area (Å²) in [6.45, 7) is 0. The van der Waals surface area contributed by atoms with E-state index >= 15 is 0 Å². The Hall–Kier alpha value is 0.368. The molecule has 5 saturated heterocycles. The van der Waals surface area contributed by atoms with Gasteiger partial charge in [-0.2, -0.15) is 12.8 Å². The summed E-state index contributed by atoms with van der Waals surface area (Å²) in [5.74, 6) is 5.84. The van der Waals surface area contributed by atoms with Gasteiger partial charge in [-0.05, 0) is 85.9 Å². The predicted molar refractivity (Wildman–Crippen MR) is 157 cm³/mol. The monoisotopic (exact) mass is 746 g/mol. The second-order valence-electron chi connectivity index (χ2n) is 15.4. The molecule has 4 saturated carbocycles. The Labute approximate surface area is 262 Å². The van der Waals surface area contributed by atoms with Crippen molar-refractivity contribution in [2.75, 3.05) is 0 Å². The molecule has 0 aromatic carbocycles. The summed E-state index contributed by atoms with van der Waals surface area (Å²) in [5.41, 5.74) is 0. The number of hydrogen-bond donors (Lipinski definition) is 8. The maximum Gasteiger partial charge on any atom is 0.0628 e. The van der Waals surface area contributed by atoms with Crippen LogP contribution in [0.4, 0.5) is 0 Å². The van der Waals surface area contributed by atoms with Gasteiger partial charge in [0.05, 0.1) is 49.3 Å². The Morgan fingerprint density at radius 1 is 0.317 bits per heavy atom. The van der Waals surface area contributed by atoms with E-state index in [0.29, 0.717) is 61.2 Å². The molecule has 9 fully saturated rings. The first-order valence-corrected chi connectivity index (χ1v) is 17.7. The molecule has 16 unspecified atom stereocenters. The van der Waals surface area contributed by atoms with Gasteiger partial charge in [-0.3, -0.25) is 42.5 Å². The molecule has 16 atom stereocenters. The van der Waals surface area contributed by atoms with Crippen molar-refractivity contribution in [1.29, 1.82) is 0 Å². The fourth-order valence-electron chi connectivity index (χ4n) is 11.8. The van der Waals surface area contributed by atoms with Gasteiger partial charge in [0.2, 0.25) is 0 Å². The van der Waals surface area contributed by atoms with Crippen LogP contribution in [0, 0.1) is 53.8 Å². The van der Waals surface area contributed by atoms with E-state index in [1.165, 1.54) is 96.3 Å².